The molecule has 35 heavy (non-hydrogen) atoms. The molecule has 0 saturated carbocycles. The number of carbonyl (C=O) groups is 3. The number of amides is 2. The Labute approximate surface area is 207 Å². The van der Waals surface area contributed by atoms with Crippen LogP contribution in [-0.2, 0) is 20.7 Å². The molecule has 2 N–H and O–H groups in total. The zero-order valence-corrected chi connectivity index (χ0v) is 20.4. The van der Waals surface area contributed by atoms with Crippen molar-refractivity contribution in [2.45, 2.75) is 38.6 Å². The number of carboxylic acid groups (broad SMARTS) is 1. The summed E-state index contributed by atoms with van der Waals surface area (Å²) >= 11 is 1.21. The molecule has 1 heterocycles. The highest BCUT2D eigenvalue weighted by Gasteiger charge is 2.29. The number of carboxylic acids is 1. The lowest BCUT2D eigenvalue weighted by atomic mass is 9.98. The van der Waals surface area contributed by atoms with Gasteiger partial charge in [-0.15, -0.1) is 11.3 Å². The van der Waals surface area contributed by atoms with Gasteiger partial charge in [0.25, 0.3) is 0 Å². The van der Waals surface area contributed by atoms with Crippen molar-refractivity contribution in [2.24, 2.45) is 0 Å². The number of ether oxygens (including phenoxy) is 1. The number of thiazole rings is 1. The summed E-state index contributed by atoms with van der Waals surface area (Å²) in [5.74, 6) is -1.20. The van der Waals surface area contributed by atoms with Crippen LogP contribution >= 0.6 is 11.3 Å². The number of aliphatic carboxylic acids is 1. The van der Waals surface area contributed by atoms with Crippen LogP contribution in [0.4, 0.5) is 9.93 Å². The number of fused-ring (bicyclic) bond motifs is 3. The third-order valence-electron chi connectivity index (χ3n) is 6.10. The maximum atomic E-state index is 12.6. The monoisotopic (exact) mass is 493 g/mol. The van der Waals surface area contributed by atoms with Crippen LogP contribution in [0.15, 0.2) is 53.9 Å². The number of carbonyl (C=O) groups excluding carboxylic acids is 2. The Kier molecular flexibility index (Phi) is 7.45. The van der Waals surface area contributed by atoms with Crippen molar-refractivity contribution < 1.29 is 24.2 Å². The van der Waals surface area contributed by atoms with Gasteiger partial charge in [0.15, 0.2) is 5.13 Å². The first-order valence-electron chi connectivity index (χ1n) is 11.4. The van der Waals surface area contributed by atoms with Gasteiger partial charge < -0.3 is 14.7 Å². The van der Waals surface area contributed by atoms with E-state index in [1.165, 1.54) is 16.2 Å². The average Bonchev–Trinajstić information content (AvgIpc) is 3.39. The quantitative estimate of drug-likeness (QED) is 0.445. The molecule has 0 saturated heterocycles. The van der Waals surface area contributed by atoms with Gasteiger partial charge in [0.05, 0.1) is 18.5 Å². The van der Waals surface area contributed by atoms with E-state index in [0.29, 0.717) is 17.4 Å². The number of hydrogen-bond donors (Lipinski definition) is 2. The van der Waals surface area contributed by atoms with Gasteiger partial charge in [0, 0.05) is 23.9 Å². The van der Waals surface area contributed by atoms with Gasteiger partial charge in [-0.3, -0.25) is 14.9 Å². The summed E-state index contributed by atoms with van der Waals surface area (Å²) in [6.07, 6.45) is -0.698. The van der Waals surface area contributed by atoms with Crippen LogP contribution in [0.1, 0.15) is 43.0 Å². The number of aromatic nitrogens is 1. The number of nitrogens with zero attached hydrogens (tertiary/aromatic N) is 2. The van der Waals surface area contributed by atoms with Gasteiger partial charge in [0.2, 0.25) is 5.91 Å². The molecule has 182 valence electrons. The number of rotatable bonds is 9. The summed E-state index contributed by atoms with van der Waals surface area (Å²) in [6.45, 7) is 4.12. The first-order valence-corrected chi connectivity index (χ1v) is 12.3. The fourth-order valence-electron chi connectivity index (χ4n) is 4.52. The Hall–Kier alpha value is -3.72. The molecule has 2 aromatic carbocycles. The van der Waals surface area contributed by atoms with Crippen molar-refractivity contribution >= 4 is 34.4 Å². The van der Waals surface area contributed by atoms with E-state index in [-0.39, 0.29) is 31.3 Å². The number of anilines is 1. The molecule has 3 aromatic rings. The predicted molar refractivity (Wildman–Crippen MR) is 134 cm³/mol. The molecular weight excluding hydrogens is 466 g/mol. The molecule has 0 fully saturated rings. The molecule has 1 aliphatic rings. The van der Waals surface area contributed by atoms with Crippen LogP contribution in [0.5, 0.6) is 0 Å². The maximum Gasteiger partial charge on any atom is 0.413 e. The van der Waals surface area contributed by atoms with Gasteiger partial charge >= 0.3 is 12.1 Å². The van der Waals surface area contributed by atoms with Crippen molar-refractivity contribution in [3.63, 3.8) is 0 Å². The fourth-order valence-corrected chi connectivity index (χ4v) is 5.22. The summed E-state index contributed by atoms with van der Waals surface area (Å²) in [6, 6.07) is 15.8. The number of benzene rings is 2. The van der Waals surface area contributed by atoms with E-state index < -0.39 is 18.1 Å². The summed E-state index contributed by atoms with van der Waals surface area (Å²) in [4.78, 5) is 41.9. The molecule has 8 nitrogen and oxygen atoms in total. The zero-order chi connectivity index (χ0) is 24.9. The Bertz CT molecular complexity index is 1200. The molecule has 1 atom stereocenters. The first-order chi connectivity index (χ1) is 16.9. The summed E-state index contributed by atoms with van der Waals surface area (Å²) in [5, 5.41) is 13.7. The molecule has 4 rings (SSSR count). The van der Waals surface area contributed by atoms with Gasteiger partial charge in [-0.1, -0.05) is 48.5 Å². The van der Waals surface area contributed by atoms with Crippen LogP contribution in [0, 0.1) is 0 Å². The van der Waals surface area contributed by atoms with E-state index >= 15 is 0 Å². The standard InChI is InChI=1S/C26H27N3O5S/c1-3-29(16(2)12-24(31)32)23(30)13-17-15-35-25(27-17)28-26(33)34-14-22-20-10-6-4-8-18(20)19-9-5-7-11-21(19)22/h4-11,15-16,22H,3,12-14H2,1-2H3,(H,31,32)(H,27,28,33). The van der Waals surface area contributed by atoms with Crippen molar-refractivity contribution in [2.75, 3.05) is 18.5 Å². The van der Waals surface area contributed by atoms with E-state index in [0.717, 1.165) is 22.3 Å². The van der Waals surface area contributed by atoms with Crippen LogP contribution in [0.25, 0.3) is 11.1 Å². The molecule has 9 heteroatoms. The van der Waals surface area contributed by atoms with E-state index in [1.54, 1.807) is 19.2 Å². The Balaban J connectivity index is 1.34. The van der Waals surface area contributed by atoms with Gasteiger partial charge in [-0.25, -0.2) is 9.78 Å². The van der Waals surface area contributed by atoms with Crippen LogP contribution in [0.2, 0.25) is 0 Å². The number of nitrogens with one attached hydrogen (secondary N) is 1. The topological polar surface area (TPSA) is 109 Å². The van der Waals surface area contributed by atoms with Gasteiger partial charge in [-0.05, 0) is 36.1 Å². The van der Waals surface area contributed by atoms with Crippen LogP contribution in [-0.4, -0.2) is 52.2 Å². The fraction of sp³-hybridized carbons (Fsp3) is 0.308. The van der Waals surface area contributed by atoms with E-state index in [1.807, 2.05) is 24.3 Å². The Morgan fingerprint density at radius 2 is 1.74 bits per heavy atom. The van der Waals surface area contributed by atoms with Gasteiger partial charge in [0.1, 0.15) is 6.61 Å². The lowest BCUT2D eigenvalue weighted by Gasteiger charge is -2.26. The Morgan fingerprint density at radius 1 is 1.11 bits per heavy atom. The Morgan fingerprint density at radius 3 is 2.34 bits per heavy atom. The number of hydrogen-bond acceptors (Lipinski definition) is 6. The first kappa shape index (κ1) is 24.4. The summed E-state index contributed by atoms with van der Waals surface area (Å²) in [5.41, 5.74) is 5.09. The largest absolute Gasteiger partial charge is 0.481 e. The second kappa shape index (κ2) is 10.7. The average molecular weight is 494 g/mol. The maximum absolute atomic E-state index is 12.6. The van der Waals surface area contributed by atoms with Crippen molar-refractivity contribution in [1.82, 2.24) is 9.88 Å². The highest BCUT2D eigenvalue weighted by atomic mass is 32.1. The second-order valence-electron chi connectivity index (χ2n) is 8.40. The smallest absolute Gasteiger partial charge is 0.413 e. The predicted octanol–water partition coefficient (Wildman–Crippen LogP) is 4.76. The molecule has 2 amide bonds. The minimum absolute atomic E-state index is 0.0284. The van der Waals surface area contributed by atoms with Crippen molar-refractivity contribution in [1.29, 1.82) is 0 Å². The zero-order valence-electron chi connectivity index (χ0n) is 19.6. The number of likely N-dealkylation sites (N-methyl/N-ethyl adjacent to an activating group) is 1. The molecule has 0 bridgehead atoms. The van der Waals surface area contributed by atoms with Crippen molar-refractivity contribution in [3.8, 4) is 11.1 Å². The SMILES string of the molecule is CCN(C(=O)Cc1csc(NC(=O)OCC2c3ccccc3-c3ccccc32)n1)C(C)CC(=O)O. The summed E-state index contributed by atoms with van der Waals surface area (Å²) < 4.78 is 5.54. The van der Waals surface area contributed by atoms with Crippen LogP contribution in [0.3, 0.4) is 0 Å². The second-order valence-corrected chi connectivity index (χ2v) is 9.26. The van der Waals surface area contributed by atoms with Crippen molar-refractivity contribution in [3.05, 3.63) is 70.7 Å². The van der Waals surface area contributed by atoms with E-state index in [2.05, 4.69) is 34.6 Å². The molecule has 0 spiro atoms. The van der Waals surface area contributed by atoms with Gasteiger partial charge in [-0.2, -0.15) is 0 Å². The minimum Gasteiger partial charge on any atom is -0.481 e. The van der Waals surface area contributed by atoms with E-state index in [4.69, 9.17) is 9.84 Å². The molecule has 1 aliphatic carbocycles. The normalized spacial score (nSPS) is 13.0. The molecule has 1 aromatic heterocycles. The molecular formula is C26H27N3O5S. The lowest BCUT2D eigenvalue weighted by Crippen LogP contribution is -2.40. The highest BCUT2D eigenvalue weighted by Crippen LogP contribution is 2.44. The molecule has 1 unspecified atom stereocenters. The van der Waals surface area contributed by atoms with E-state index in [9.17, 15) is 14.4 Å². The lowest BCUT2D eigenvalue weighted by molar-refractivity contribution is -0.140. The molecule has 0 radical (unpaired) electrons. The molecule has 0 aliphatic heterocycles. The van der Waals surface area contributed by atoms with Crippen LogP contribution < -0.4 is 5.32 Å². The third-order valence-corrected chi connectivity index (χ3v) is 6.91. The summed E-state index contributed by atoms with van der Waals surface area (Å²) in [7, 11) is 0. The minimum atomic E-state index is -0.952. The highest BCUT2D eigenvalue weighted by molar-refractivity contribution is 7.13. The third kappa shape index (κ3) is 5.51.